The van der Waals surface area contributed by atoms with E-state index < -0.39 is 0 Å². The molecule has 0 atom stereocenters. The molecule has 0 aromatic carbocycles. The molecular weight excluding hydrogens is 161 g/mol. The topological polar surface area (TPSA) is 0 Å². The van der Waals surface area contributed by atoms with Crippen LogP contribution in [0.25, 0.3) is 0 Å². The van der Waals surface area contributed by atoms with Gasteiger partial charge in [-0.15, -0.1) is 0 Å². The van der Waals surface area contributed by atoms with Gasteiger partial charge in [-0.3, -0.25) is 0 Å². The molecule has 0 unspecified atom stereocenters. The van der Waals surface area contributed by atoms with E-state index in [1.807, 2.05) is 6.92 Å². The van der Waals surface area contributed by atoms with Gasteiger partial charge < -0.3 is 0 Å². The van der Waals surface area contributed by atoms with Gasteiger partial charge in [-0.2, -0.15) is 0 Å². The fourth-order valence-electron chi connectivity index (χ4n) is 0. The standard InChI is InChI=1S/C5H8.Ru/c1-4-5(2)3;/h4H,1-2H2,3H3;. The second-order valence-corrected chi connectivity index (χ2v) is 1.05. The van der Waals surface area contributed by atoms with Crippen molar-refractivity contribution in [2.45, 2.75) is 6.92 Å². The van der Waals surface area contributed by atoms with Crippen molar-refractivity contribution in [3.05, 3.63) is 24.8 Å². The zero-order valence-electron chi connectivity index (χ0n) is 3.85. The monoisotopic (exact) mass is 170 g/mol. The smallest absolute Gasteiger partial charge is 0 e. The molecule has 36 valence electrons. The van der Waals surface area contributed by atoms with Crippen LogP contribution in [-0.4, -0.2) is 0 Å². The van der Waals surface area contributed by atoms with Crippen LogP contribution in [-0.2, 0) is 19.5 Å². The Kier molecular flexibility index (Phi) is 8.03. The van der Waals surface area contributed by atoms with Gasteiger partial charge in [0.1, 0.15) is 0 Å². The van der Waals surface area contributed by atoms with Crippen molar-refractivity contribution < 1.29 is 19.5 Å². The van der Waals surface area contributed by atoms with Crippen LogP contribution in [0.1, 0.15) is 6.92 Å². The van der Waals surface area contributed by atoms with Gasteiger partial charge in [-0.05, 0) is 6.92 Å². The summed E-state index contributed by atoms with van der Waals surface area (Å²) >= 11 is 0. The van der Waals surface area contributed by atoms with Crippen molar-refractivity contribution in [1.29, 1.82) is 0 Å². The molecule has 0 amide bonds. The van der Waals surface area contributed by atoms with Crippen molar-refractivity contribution in [3.8, 4) is 0 Å². The van der Waals surface area contributed by atoms with Gasteiger partial charge in [-0.25, -0.2) is 0 Å². The molecular formula is C5H8Ru. The molecule has 0 saturated carbocycles. The van der Waals surface area contributed by atoms with Gasteiger partial charge in [0.2, 0.25) is 0 Å². The minimum absolute atomic E-state index is 0. The van der Waals surface area contributed by atoms with E-state index in [-0.39, 0.29) is 19.5 Å². The third-order valence-corrected chi connectivity index (χ3v) is 0.348. The SMILES string of the molecule is C=CC(=C)C.[Ru]. The Morgan fingerprint density at radius 1 is 1.67 bits per heavy atom. The number of hydrogen-bond donors (Lipinski definition) is 0. The summed E-state index contributed by atoms with van der Waals surface area (Å²) in [5.74, 6) is 0. The summed E-state index contributed by atoms with van der Waals surface area (Å²) in [5, 5.41) is 0. The Bertz CT molecular complexity index is 55.0. The van der Waals surface area contributed by atoms with E-state index in [9.17, 15) is 0 Å². The maximum atomic E-state index is 3.56. The largest absolute Gasteiger partial charge is 0.0988 e. The van der Waals surface area contributed by atoms with E-state index in [0.29, 0.717) is 0 Å². The Balaban J connectivity index is 0. The molecule has 0 heterocycles. The minimum Gasteiger partial charge on any atom is -0.0988 e. The van der Waals surface area contributed by atoms with Crippen molar-refractivity contribution in [2.24, 2.45) is 0 Å². The Morgan fingerprint density at radius 2 is 1.83 bits per heavy atom. The van der Waals surface area contributed by atoms with Crippen molar-refractivity contribution >= 4 is 0 Å². The number of allylic oxidation sites excluding steroid dienone is 2. The molecule has 0 bridgehead atoms. The summed E-state index contributed by atoms with van der Waals surface area (Å²) in [5.41, 5.74) is 1.02. The third-order valence-electron chi connectivity index (χ3n) is 0.348. The molecule has 6 heavy (non-hydrogen) atoms. The van der Waals surface area contributed by atoms with Crippen molar-refractivity contribution in [1.82, 2.24) is 0 Å². The van der Waals surface area contributed by atoms with Crippen LogP contribution < -0.4 is 0 Å². The van der Waals surface area contributed by atoms with E-state index in [2.05, 4.69) is 13.2 Å². The maximum absolute atomic E-state index is 3.56. The van der Waals surface area contributed by atoms with Gasteiger partial charge in [0, 0.05) is 19.5 Å². The summed E-state index contributed by atoms with van der Waals surface area (Å²) in [6.07, 6.45) is 1.72. The molecule has 0 aliphatic rings. The first-order valence-electron chi connectivity index (χ1n) is 1.55. The molecule has 0 aliphatic carbocycles. The molecule has 0 aromatic heterocycles. The fraction of sp³-hybridized carbons (Fsp3) is 0.200. The molecule has 0 spiro atoms. The first-order chi connectivity index (χ1) is 2.27. The second-order valence-electron chi connectivity index (χ2n) is 1.05. The second kappa shape index (κ2) is 5.10. The molecule has 0 aromatic rings. The summed E-state index contributed by atoms with van der Waals surface area (Å²) in [6.45, 7) is 8.93. The quantitative estimate of drug-likeness (QED) is 0.414. The zero-order chi connectivity index (χ0) is 4.28. The third kappa shape index (κ3) is 8.93. The van der Waals surface area contributed by atoms with E-state index in [1.54, 1.807) is 6.08 Å². The molecule has 0 saturated heterocycles. The number of rotatable bonds is 1. The first kappa shape index (κ1) is 9.44. The number of hydrogen-bond acceptors (Lipinski definition) is 0. The first-order valence-corrected chi connectivity index (χ1v) is 1.55. The van der Waals surface area contributed by atoms with Crippen LogP contribution in [0.2, 0.25) is 0 Å². The summed E-state index contributed by atoms with van der Waals surface area (Å²) < 4.78 is 0. The minimum atomic E-state index is 0. The van der Waals surface area contributed by atoms with E-state index in [4.69, 9.17) is 0 Å². The zero-order valence-corrected chi connectivity index (χ0v) is 5.58. The van der Waals surface area contributed by atoms with Gasteiger partial charge in [0.05, 0.1) is 0 Å². The van der Waals surface area contributed by atoms with Crippen LogP contribution in [0.5, 0.6) is 0 Å². The predicted molar refractivity (Wildman–Crippen MR) is 25.0 cm³/mol. The Morgan fingerprint density at radius 3 is 1.83 bits per heavy atom. The maximum Gasteiger partial charge on any atom is 0 e. The molecule has 1 heteroatoms. The van der Waals surface area contributed by atoms with Crippen LogP contribution in [0, 0.1) is 0 Å². The van der Waals surface area contributed by atoms with Crippen molar-refractivity contribution in [2.75, 3.05) is 0 Å². The molecule has 0 radical (unpaired) electrons. The summed E-state index contributed by atoms with van der Waals surface area (Å²) in [4.78, 5) is 0. The van der Waals surface area contributed by atoms with Crippen LogP contribution in [0.3, 0.4) is 0 Å². The summed E-state index contributed by atoms with van der Waals surface area (Å²) in [7, 11) is 0. The normalized spacial score (nSPS) is 5.50. The molecule has 0 fully saturated rings. The van der Waals surface area contributed by atoms with Gasteiger partial charge in [0.15, 0.2) is 0 Å². The fourth-order valence-corrected chi connectivity index (χ4v) is 0. The van der Waals surface area contributed by atoms with Crippen LogP contribution in [0.15, 0.2) is 24.8 Å². The molecule has 0 rings (SSSR count). The van der Waals surface area contributed by atoms with E-state index in [1.165, 1.54) is 0 Å². The van der Waals surface area contributed by atoms with E-state index in [0.717, 1.165) is 5.57 Å². The van der Waals surface area contributed by atoms with Gasteiger partial charge in [-0.1, -0.05) is 24.8 Å². The average molecular weight is 169 g/mol. The molecule has 0 N–H and O–H groups in total. The van der Waals surface area contributed by atoms with Gasteiger partial charge in [0.25, 0.3) is 0 Å². The average Bonchev–Trinajstić information content (AvgIpc) is 1.38. The van der Waals surface area contributed by atoms with E-state index >= 15 is 0 Å². The Labute approximate surface area is 51.7 Å². The Hall–Kier alpha value is 0.103. The molecule has 0 aliphatic heterocycles. The summed E-state index contributed by atoms with van der Waals surface area (Å²) in [6, 6.07) is 0. The molecule has 0 nitrogen and oxygen atoms in total. The van der Waals surface area contributed by atoms with Gasteiger partial charge >= 0.3 is 0 Å². The van der Waals surface area contributed by atoms with Crippen LogP contribution in [0.4, 0.5) is 0 Å². The van der Waals surface area contributed by atoms with Crippen molar-refractivity contribution in [3.63, 3.8) is 0 Å². The predicted octanol–water partition coefficient (Wildman–Crippen LogP) is 1.75. The van der Waals surface area contributed by atoms with Crippen LogP contribution >= 0.6 is 0 Å².